The molecule has 29 heavy (non-hydrogen) atoms. The summed E-state index contributed by atoms with van der Waals surface area (Å²) in [6, 6.07) is 9.27. The molecule has 0 radical (unpaired) electrons. The molecule has 2 aliphatic heterocycles. The van der Waals surface area contributed by atoms with Gasteiger partial charge in [0.05, 0.1) is 11.9 Å². The molecule has 2 aromatic heterocycles. The molecular formula is C21H22FN5O2. The number of phenols is 1. The molecule has 2 aliphatic rings. The first-order valence-corrected chi connectivity index (χ1v) is 9.87. The van der Waals surface area contributed by atoms with Crippen LogP contribution in [0.15, 0.2) is 42.7 Å². The maximum Gasteiger partial charge on any atom is 0.233 e. The van der Waals surface area contributed by atoms with Crippen molar-refractivity contribution in [2.45, 2.75) is 50.0 Å². The number of phenolic OH excluding ortho intramolecular Hbond substituents is 1. The number of hydrogen-bond acceptors (Lipinski definition) is 6. The number of nitrogens with one attached hydrogen (secondary N) is 2. The molecule has 4 atom stereocenters. The predicted octanol–water partition coefficient (Wildman–Crippen LogP) is 3.24. The van der Waals surface area contributed by atoms with E-state index in [1.807, 2.05) is 12.1 Å². The molecule has 0 amide bonds. The molecule has 150 valence electrons. The topological polar surface area (TPSA) is 96.0 Å². The monoisotopic (exact) mass is 395 g/mol. The largest absolute Gasteiger partial charge is 0.507 e. The van der Waals surface area contributed by atoms with Gasteiger partial charge in [-0.1, -0.05) is 6.07 Å². The second-order valence-electron chi connectivity index (χ2n) is 7.82. The van der Waals surface area contributed by atoms with E-state index in [0.29, 0.717) is 30.0 Å². The normalized spacial score (nSPS) is 26.2. The van der Waals surface area contributed by atoms with Crippen molar-refractivity contribution in [3.05, 3.63) is 42.7 Å². The summed E-state index contributed by atoms with van der Waals surface area (Å²) < 4.78 is 19.7. The van der Waals surface area contributed by atoms with Crippen molar-refractivity contribution >= 4 is 0 Å². The summed E-state index contributed by atoms with van der Waals surface area (Å²) in [5, 5.41) is 29.0. The van der Waals surface area contributed by atoms with Crippen LogP contribution in [0.5, 0.6) is 11.6 Å². The SMILES string of the molecule is Oc1cc(-c2cn[nH]c2)ccc1-c1ccc(OC2C[C@H]3CC(F)C[C@@H](C2)N3)nn1. The van der Waals surface area contributed by atoms with Gasteiger partial charge in [0.25, 0.3) is 0 Å². The molecule has 0 spiro atoms. The Balaban J connectivity index is 1.28. The van der Waals surface area contributed by atoms with Crippen molar-refractivity contribution in [1.82, 2.24) is 25.7 Å². The van der Waals surface area contributed by atoms with E-state index >= 15 is 0 Å². The highest BCUT2D eigenvalue weighted by Gasteiger charge is 2.36. The van der Waals surface area contributed by atoms with E-state index in [1.54, 1.807) is 30.6 Å². The average Bonchev–Trinajstić information content (AvgIpc) is 3.23. The third-order valence-electron chi connectivity index (χ3n) is 5.68. The summed E-state index contributed by atoms with van der Waals surface area (Å²) in [5.41, 5.74) is 2.92. The van der Waals surface area contributed by atoms with E-state index in [0.717, 1.165) is 24.0 Å². The number of halogens is 1. The zero-order valence-electron chi connectivity index (χ0n) is 15.8. The number of H-pyrrole nitrogens is 1. The number of piperidine rings is 2. The van der Waals surface area contributed by atoms with Crippen LogP contribution in [-0.2, 0) is 0 Å². The Bertz CT molecular complexity index is 961. The number of hydrogen-bond donors (Lipinski definition) is 3. The van der Waals surface area contributed by atoms with Gasteiger partial charge in [0.15, 0.2) is 0 Å². The van der Waals surface area contributed by atoms with Crippen molar-refractivity contribution in [1.29, 1.82) is 0 Å². The molecule has 2 saturated heterocycles. The molecule has 2 unspecified atom stereocenters. The van der Waals surface area contributed by atoms with E-state index in [9.17, 15) is 9.50 Å². The standard InChI is InChI=1S/C21H22FN5O2/c22-14-6-15-8-17(9-16(7-14)25-15)29-21-4-3-19(26-27-21)18-2-1-12(5-20(18)28)13-10-23-24-11-13/h1-5,10-11,14-17,25,28H,6-9H2,(H,23,24)/t14?,15-,16+,17?. The van der Waals surface area contributed by atoms with Gasteiger partial charge in [0, 0.05) is 35.5 Å². The molecule has 2 fully saturated rings. The minimum atomic E-state index is -0.709. The number of aromatic nitrogens is 4. The Morgan fingerprint density at radius 1 is 1.00 bits per heavy atom. The molecule has 7 nitrogen and oxygen atoms in total. The van der Waals surface area contributed by atoms with Gasteiger partial charge < -0.3 is 15.2 Å². The minimum Gasteiger partial charge on any atom is -0.507 e. The Labute approximate surface area is 167 Å². The van der Waals surface area contributed by atoms with Gasteiger partial charge in [-0.3, -0.25) is 5.10 Å². The Kier molecular flexibility index (Phi) is 4.63. The van der Waals surface area contributed by atoms with Crippen molar-refractivity contribution in [3.63, 3.8) is 0 Å². The number of aromatic amines is 1. The summed E-state index contributed by atoms with van der Waals surface area (Å²) in [4.78, 5) is 0. The van der Waals surface area contributed by atoms with Crippen LogP contribution in [0, 0.1) is 0 Å². The average molecular weight is 395 g/mol. The Morgan fingerprint density at radius 2 is 1.83 bits per heavy atom. The van der Waals surface area contributed by atoms with Crippen LogP contribution in [0.2, 0.25) is 0 Å². The number of fused-ring (bicyclic) bond motifs is 2. The first-order chi connectivity index (χ1) is 14.1. The van der Waals surface area contributed by atoms with E-state index in [2.05, 4.69) is 25.7 Å². The fraction of sp³-hybridized carbons (Fsp3) is 0.381. The fourth-order valence-corrected chi connectivity index (χ4v) is 4.37. The summed E-state index contributed by atoms with van der Waals surface area (Å²) in [5.74, 6) is 0.573. The Hall–Kier alpha value is -3.00. The van der Waals surface area contributed by atoms with Gasteiger partial charge in [-0.05, 0) is 49.4 Å². The Morgan fingerprint density at radius 3 is 2.48 bits per heavy atom. The maximum absolute atomic E-state index is 13.7. The van der Waals surface area contributed by atoms with Crippen LogP contribution < -0.4 is 10.1 Å². The molecule has 1 aromatic carbocycles. The zero-order valence-corrected chi connectivity index (χ0v) is 15.8. The quantitative estimate of drug-likeness (QED) is 0.628. The number of ether oxygens (including phenoxy) is 1. The molecule has 5 rings (SSSR count). The maximum atomic E-state index is 13.7. The highest BCUT2D eigenvalue weighted by atomic mass is 19.1. The zero-order chi connectivity index (χ0) is 19.8. The molecule has 0 saturated carbocycles. The van der Waals surface area contributed by atoms with Crippen LogP contribution in [-0.4, -0.2) is 49.9 Å². The van der Waals surface area contributed by atoms with Crippen LogP contribution in [0.3, 0.4) is 0 Å². The second kappa shape index (κ2) is 7.44. The lowest BCUT2D eigenvalue weighted by atomic mass is 9.84. The van der Waals surface area contributed by atoms with Gasteiger partial charge in [0.1, 0.15) is 18.0 Å². The number of aromatic hydroxyl groups is 1. The first-order valence-electron chi connectivity index (χ1n) is 9.87. The number of alkyl halides is 1. The van der Waals surface area contributed by atoms with E-state index in [-0.39, 0.29) is 23.9 Å². The van der Waals surface area contributed by atoms with Gasteiger partial charge in [-0.25, -0.2) is 4.39 Å². The van der Waals surface area contributed by atoms with Crippen molar-refractivity contribution in [2.24, 2.45) is 0 Å². The number of nitrogens with zero attached hydrogens (tertiary/aromatic N) is 3. The second-order valence-corrected chi connectivity index (χ2v) is 7.82. The van der Waals surface area contributed by atoms with Crippen LogP contribution >= 0.6 is 0 Å². The predicted molar refractivity (Wildman–Crippen MR) is 105 cm³/mol. The smallest absolute Gasteiger partial charge is 0.233 e. The molecule has 3 N–H and O–H groups in total. The van der Waals surface area contributed by atoms with Crippen LogP contribution in [0.4, 0.5) is 4.39 Å². The molecule has 2 bridgehead atoms. The van der Waals surface area contributed by atoms with Crippen LogP contribution in [0.1, 0.15) is 25.7 Å². The lowest BCUT2D eigenvalue weighted by Crippen LogP contribution is -2.54. The van der Waals surface area contributed by atoms with E-state index in [1.165, 1.54) is 0 Å². The van der Waals surface area contributed by atoms with E-state index in [4.69, 9.17) is 4.74 Å². The van der Waals surface area contributed by atoms with Gasteiger partial charge in [0.2, 0.25) is 5.88 Å². The van der Waals surface area contributed by atoms with Crippen molar-refractivity contribution < 1.29 is 14.2 Å². The first kappa shape index (κ1) is 18.1. The van der Waals surface area contributed by atoms with Gasteiger partial charge in [-0.2, -0.15) is 5.10 Å². The molecule has 4 heterocycles. The van der Waals surface area contributed by atoms with Gasteiger partial charge in [-0.15, -0.1) is 10.2 Å². The number of rotatable bonds is 4. The molecule has 0 aliphatic carbocycles. The third kappa shape index (κ3) is 3.80. The highest BCUT2D eigenvalue weighted by Crippen LogP contribution is 2.33. The van der Waals surface area contributed by atoms with E-state index < -0.39 is 6.17 Å². The molecular weight excluding hydrogens is 373 g/mol. The fourth-order valence-electron chi connectivity index (χ4n) is 4.37. The van der Waals surface area contributed by atoms with Crippen molar-refractivity contribution in [3.8, 4) is 34.0 Å². The summed E-state index contributed by atoms with van der Waals surface area (Å²) in [6.07, 6.45) is 5.42. The summed E-state index contributed by atoms with van der Waals surface area (Å²) >= 11 is 0. The highest BCUT2D eigenvalue weighted by molar-refractivity contribution is 5.73. The minimum absolute atomic E-state index is 0.0153. The lowest BCUT2D eigenvalue weighted by Gasteiger charge is -2.41. The lowest BCUT2D eigenvalue weighted by molar-refractivity contribution is 0.0599. The van der Waals surface area contributed by atoms with Crippen LogP contribution in [0.25, 0.3) is 22.4 Å². The summed E-state index contributed by atoms with van der Waals surface area (Å²) in [6.45, 7) is 0. The third-order valence-corrected chi connectivity index (χ3v) is 5.68. The molecule has 3 aromatic rings. The number of benzene rings is 1. The van der Waals surface area contributed by atoms with Crippen molar-refractivity contribution in [2.75, 3.05) is 0 Å². The molecule has 8 heteroatoms. The summed E-state index contributed by atoms with van der Waals surface area (Å²) in [7, 11) is 0. The van der Waals surface area contributed by atoms with Gasteiger partial charge >= 0.3 is 0 Å².